The Morgan fingerprint density at radius 1 is 1.22 bits per heavy atom. The molecule has 1 saturated heterocycles. The van der Waals surface area contributed by atoms with Crippen LogP contribution in [0.5, 0.6) is 0 Å². The van der Waals surface area contributed by atoms with Crippen LogP contribution in [0.4, 0.5) is 0 Å². The summed E-state index contributed by atoms with van der Waals surface area (Å²) in [6.45, 7) is 4.30. The highest BCUT2D eigenvalue weighted by Crippen LogP contribution is 2.47. The topological polar surface area (TPSA) is 55.5 Å². The lowest BCUT2D eigenvalue weighted by Gasteiger charge is -2.48. The molecule has 3 nitrogen and oxygen atoms in total. The van der Waals surface area contributed by atoms with E-state index < -0.39 is 5.60 Å². The lowest BCUT2D eigenvalue weighted by Crippen LogP contribution is -2.56. The lowest BCUT2D eigenvalue weighted by atomic mass is 9.65. The zero-order valence-corrected chi connectivity index (χ0v) is 11.8. The third-order valence-corrected chi connectivity index (χ3v) is 5.45. The first-order chi connectivity index (χ1) is 8.66. The van der Waals surface area contributed by atoms with Crippen molar-refractivity contribution < 1.29 is 9.84 Å². The van der Waals surface area contributed by atoms with Gasteiger partial charge in [0.2, 0.25) is 0 Å². The second kappa shape index (κ2) is 5.89. The minimum Gasteiger partial charge on any atom is -0.389 e. The highest BCUT2D eigenvalue weighted by atomic mass is 16.5. The second-order valence-electron chi connectivity index (χ2n) is 6.38. The maximum absolute atomic E-state index is 11.2. The van der Waals surface area contributed by atoms with Crippen LogP contribution in [-0.4, -0.2) is 30.5 Å². The Balaban J connectivity index is 2.12. The maximum Gasteiger partial charge on any atom is 0.0738 e. The molecule has 3 N–H and O–H groups in total. The van der Waals surface area contributed by atoms with E-state index >= 15 is 0 Å². The van der Waals surface area contributed by atoms with Crippen LogP contribution < -0.4 is 5.73 Å². The second-order valence-corrected chi connectivity index (χ2v) is 6.38. The molecule has 0 aromatic rings. The summed E-state index contributed by atoms with van der Waals surface area (Å²) in [5.41, 5.74) is 5.25. The van der Waals surface area contributed by atoms with E-state index in [0.717, 1.165) is 51.0 Å². The highest BCUT2D eigenvalue weighted by molar-refractivity contribution is 5.02. The van der Waals surface area contributed by atoms with Gasteiger partial charge in [-0.1, -0.05) is 26.2 Å². The predicted molar refractivity (Wildman–Crippen MR) is 73.4 cm³/mol. The van der Waals surface area contributed by atoms with Gasteiger partial charge in [0.25, 0.3) is 0 Å². The largest absolute Gasteiger partial charge is 0.389 e. The molecule has 1 aliphatic carbocycles. The smallest absolute Gasteiger partial charge is 0.0738 e. The van der Waals surface area contributed by atoms with E-state index in [1.54, 1.807) is 0 Å². The predicted octanol–water partition coefficient (Wildman–Crippen LogP) is 2.46. The van der Waals surface area contributed by atoms with Gasteiger partial charge >= 0.3 is 0 Å². The first kappa shape index (κ1) is 14.3. The third kappa shape index (κ3) is 2.59. The van der Waals surface area contributed by atoms with E-state index in [9.17, 15) is 5.11 Å². The van der Waals surface area contributed by atoms with Crippen LogP contribution in [0.25, 0.3) is 0 Å². The van der Waals surface area contributed by atoms with Crippen molar-refractivity contribution in [2.24, 2.45) is 17.1 Å². The molecule has 2 rings (SSSR count). The lowest BCUT2D eigenvalue weighted by molar-refractivity contribution is -0.150. The Morgan fingerprint density at radius 3 is 2.67 bits per heavy atom. The molecule has 0 spiro atoms. The van der Waals surface area contributed by atoms with Gasteiger partial charge in [0, 0.05) is 18.6 Å². The number of hydrogen-bond acceptors (Lipinski definition) is 3. The van der Waals surface area contributed by atoms with Crippen LogP contribution >= 0.6 is 0 Å². The summed E-state index contributed by atoms with van der Waals surface area (Å²) in [4.78, 5) is 0. The molecule has 3 atom stereocenters. The highest BCUT2D eigenvalue weighted by Gasteiger charge is 2.50. The van der Waals surface area contributed by atoms with Gasteiger partial charge in [-0.15, -0.1) is 0 Å². The molecular weight excluding hydrogens is 226 g/mol. The molecule has 0 amide bonds. The monoisotopic (exact) mass is 255 g/mol. The molecule has 0 aromatic heterocycles. The van der Waals surface area contributed by atoms with E-state index in [0.29, 0.717) is 13.2 Å². The Kier molecular flexibility index (Phi) is 4.68. The Labute approximate surface area is 111 Å². The van der Waals surface area contributed by atoms with Crippen molar-refractivity contribution >= 4 is 0 Å². The van der Waals surface area contributed by atoms with Crippen molar-refractivity contribution in [2.75, 3.05) is 19.8 Å². The summed E-state index contributed by atoms with van der Waals surface area (Å²) in [6, 6.07) is 0. The van der Waals surface area contributed by atoms with Crippen LogP contribution in [0.1, 0.15) is 58.3 Å². The van der Waals surface area contributed by atoms with Gasteiger partial charge in [-0.05, 0) is 38.0 Å². The zero-order chi connectivity index (χ0) is 13.1. The summed E-state index contributed by atoms with van der Waals surface area (Å²) in [5, 5.41) is 11.2. The molecule has 1 heterocycles. The standard InChI is InChI=1S/C15H29NO2/c1-2-13-5-3-8-15(17,9-6-13)14(11-16)7-4-10-18-12-14/h13,17H,2-12,16H2,1H3. The fourth-order valence-electron chi connectivity index (χ4n) is 3.90. The Hall–Kier alpha value is -0.120. The third-order valence-electron chi connectivity index (χ3n) is 5.45. The first-order valence-electron chi connectivity index (χ1n) is 7.66. The van der Waals surface area contributed by atoms with Gasteiger partial charge in [-0.3, -0.25) is 0 Å². The van der Waals surface area contributed by atoms with Crippen molar-refractivity contribution in [3.8, 4) is 0 Å². The molecule has 0 radical (unpaired) electrons. The molecule has 1 aliphatic heterocycles. The molecule has 0 bridgehead atoms. The maximum atomic E-state index is 11.2. The van der Waals surface area contributed by atoms with Crippen LogP contribution in [0.15, 0.2) is 0 Å². The van der Waals surface area contributed by atoms with Crippen LogP contribution in [0, 0.1) is 11.3 Å². The molecule has 0 aromatic carbocycles. The fraction of sp³-hybridized carbons (Fsp3) is 1.00. The summed E-state index contributed by atoms with van der Waals surface area (Å²) in [5.74, 6) is 0.790. The first-order valence-corrected chi connectivity index (χ1v) is 7.66. The van der Waals surface area contributed by atoms with Crippen molar-refractivity contribution in [1.82, 2.24) is 0 Å². The van der Waals surface area contributed by atoms with Crippen LogP contribution in [-0.2, 0) is 4.74 Å². The normalized spacial score (nSPS) is 42.5. The van der Waals surface area contributed by atoms with E-state index in [1.807, 2.05) is 0 Å². The van der Waals surface area contributed by atoms with Crippen molar-refractivity contribution in [1.29, 1.82) is 0 Å². The molecule has 1 saturated carbocycles. The molecule has 106 valence electrons. The summed E-state index contributed by atoms with van der Waals surface area (Å²) in [7, 11) is 0. The van der Waals surface area contributed by atoms with Crippen molar-refractivity contribution in [3.05, 3.63) is 0 Å². The van der Waals surface area contributed by atoms with E-state index in [2.05, 4.69) is 6.92 Å². The van der Waals surface area contributed by atoms with Crippen molar-refractivity contribution in [3.63, 3.8) is 0 Å². The summed E-state index contributed by atoms with van der Waals surface area (Å²) < 4.78 is 5.65. The minimum absolute atomic E-state index is 0.187. The van der Waals surface area contributed by atoms with Gasteiger partial charge in [-0.25, -0.2) is 0 Å². The van der Waals surface area contributed by atoms with Gasteiger partial charge in [0.05, 0.1) is 12.2 Å². The van der Waals surface area contributed by atoms with Gasteiger partial charge in [-0.2, -0.15) is 0 Å². The molecule has 2 fully saturated rings. The SMILES string of the molecule is CCC1CCCC(O)(C2(CN)CCCOC2)CC1. The summed E-state index contributed by atoms with van der Waals surface area (Å²) >= 11 is 0. The van der Waals surface area contributed by atoms with Gasteiger partial charge in [0.15, 0.2) is 0 Å². The minimum atomic E-state index is -0.591. The summed E-state index contributed by atoms with van der Waals surface area (Å²) in [6.07, 6.45) is 8.66. The fourth-order valence-corrected chi connectivity index (χ4v) is 3.90. The molecular formula is C15H29NO2. The van der Waals surface area contributed by atoms with Crippen LogP contribution in [0.3, 0.4) is 0 Å². The van der Waals surface area contributed by atoms with Gasteiger partial charge < -0.3 is 15.6 Å². The number of ether oxygens (including phenoxy) is 1. The average molecular weight is 255 g/mol. The average Bonchev–Trinajstić information content (AvgIpc) is 2.62. The van der Waals surface area contributed by atoms with Crippen molar-refractivity contribution in [2.45, 2.75) is 63.9 Å². The van der Waals surface area contributed by atoms with Crippen LogP contribution in [0.2, 0.25) is 0 Å². The van der Waals surface area contributed by atoms with E-state index in [1.165, 1.54) is 12.8 Å². The number of nitrogens with two attached hydrogens (primary N) is 1. The van der Waals surface area contributed by atoms with E-state index in [-0.39, 0.29) is 5.41 Å². The molecule has 3 unspecified atom stereocenters. The van der Waals surface area contributed by atoms with E-state index in [4.69, 9.17) is 10.5 Å². The Morgan fingerprint density at radius 2 is 2.06 bits per heavy atom. The molecule has 3 heteroatoms. The molecule has 2 aliphatic rings. The van der Waals surface area contributed by atoms with Gasteiger partial charge in [0.1, 0.15) is 0 Å². The Bertz CT molecular complexity index is 263. The number of rotatable bonds is 3. The molecule has 18 heavy (non-hydrogen) atoms. The zero-order valence-electron chi connectivity index (χ0n) is 11.8. The number of aliphatic hydroxyl groups is 1. The number of hydrogen-bond donors (Lipinski definition) is 2. The quantitative estimate of drug-likeness (QED) is 0.762.